The van der Waals surface area contributed by atoms with Gasteiger partial charge in [-0.15, -0.1) is 0 Å². The van der Waals surface area contributed by atoms with Crippen molar-refractivity contribution in [2.24, 2.45) is 0 Å². The molecular formula is C24H51NO3P+. The summed E-state index contributed by atoms with van der Waals surface area (Å²) in [7, 11) is 6.69. The third-order valence-corrected chi connectivity index (χ3v) is 6.13. The van der Waals surface area contributed by atoms with E-state index < -0.39 is 6.10 Å². The first-order valence-corrected chi connectivity index (χ1v) is 12.8. The van der Waals surface area contributed by atoms with Crippen LogP contribution >= 0.6 is 9.47 Å². The van der Waals surface area contributed by atoms with Gasteiger partial charge in [-0.2, -0.15) is 0 Å². The highest BCUT2D eigenvalue weighted by Gasteiger charge is 2.21. The largest absolute Gasteiger partial charge is 0.458 e. The zero-order valence-corrected chi connectivity index (χ0v) is 21.2. The number of carbonyl (C=O) groups excluding carboxylic acids is 1. The van der Waals surface area contributed by atoms with Gasteiger partial charge in [-0.3, -0.25) is 0 Å². The van der Waals surface area contributed by atoms with Crippen LogP contribution in [0.1, 0.15) is 110 Å². The van der Waals surface area contributed by atoms with Gasteiger partial charge in [0.15, 0.2) is 6.10 Å². The van der Waals surface area contributed by atoms with E-state index in [2.05, 4.69) is 37.4 Å². The summed E-state index contributed by atoms with van der Waals surface area (Å²) < 4.78 is 11.7. The summed E-state index contributed by atoms with van der Waals surface area (Å²) in [6, 6.07) is 0. The minimum atomic E-state index is -0.436. The number of hydrogen-bond acceptors (Lipinski definition) is 3. The maximum atomic E-state index is 12.2. The molecule has 0 N–H and O–H groups in total. The molecule has 4 nitrogen and oxygen atoms in total. The Hall–Kier alpha value is -0.180. The second kappa shape index (κ2) is 19.8. The van der Waals surface area contributed by atoms with E-state index in [1.54, 1.807) is 0 Å². The van der Waals surface area contributed by atoms with Crippen LogP contribution in [0.3, 0.4) is 0 Å². The standard InChI is InChI=1S/C24H51NO3P/c1-5-7-9-11-12-13-14-15-16-18-20-25(3,4)21-22-27-24(26)23(28-29)19-17-10-8-6-2/h23H,5-22,29H2,1-4H3/q+1. The van der Waals surface area contributed by atoms with E-state index in [1.165, 1.54) is 77.0 Å². The van der Waals surface area contributed by atoms with Gasteiger partial charge in [-0.25, -0.2) is 4.79 Å². The van der Waals surface area contributed by atoms with Gasteiger partial charge in [-0.05, 0) is 19.3 Å². The summed E-state index contributed by atoms with van der Waals surface area (Å²) in [4.78, 5) is 12.2. The van der Waals surface area contributed by atoms with E-state index >= 15 is 0 Å². The van der Waals surface area contributed by atoms with Crippen LogP contribution in [0.15, 0.2) is 0 Å². The molecule has 0 bridgehead atoms. The molecule has 0 radical (unpaired) electrons. The van der Waals surface area contributed by atoms with Gasteiger partial charge in [0.2, 0.25) is 0 Å². The summed E-state index contributed by atoms with van der Waals surface area (Å²) in [5.74, 6) is -0.213. The first-order valence-electron chi connectivity index (χ1n) is 12.3. The highest BCUT2D eigenvalue weighted by molar-refractivity contribution is 7.09. The van der Waals surface area contributed by atoms with Gasteiger partial charge < -0.3 is 13.7 Å². The van der Waals surface area contributed by atoms with Gasteiger partial charge in [0.25, 0.3) is 0 Å². The number of hydrogen-bond donors (Lipinski definition) is 0. The first-order chi connectivity index (χ1) is 14.0. The summed E-state index contributed by atoms with van der Waals surface area (Å²) in [5.41, 5.74) is 0. The van der Waals surface area contributed by atoms with Crippen LogP contribution in [0.25, 0.3) is 0 Å². The average Bonchev–Trinajstić information content (AvgIpc) is 2.69. The van der Waals surface area contributed by atoms with Crippen molar-refractivity contribution in [2.45, 2.75) is 116 Å². The molecule has 0 aliphatic heterocycles. The molecule has 0 spiro atoms. The van der Waals surface area contributed by atoms with Crippen molar-refractivity contribution < 1.29 is 18.5 Å². The molecule has 0 aliphatic rings. The Labute approximate surface area is 184 Å². The molecule has 0 aromatic rings. The Balaban J connectivity index is 3.74. The fourth-order valence-electron chi connectivity index (χ4n) is 3.62. The number of rotatable bonds is 21. The molecule has 174 valence electrons. The van der Waals surface area contributed by atoms with Gasteiger partial charge in [-0.1, -0.05) is 90.9 Å². The number of quaternary nitrogens is 1. The summed E-state index contributed by atoms with van der Waals surface area (Å²) >= 11 is 0. The van der Waals surface area contributed by atoms with Gasteiger partial charge >= 0.3 is 5.97 Å². The molecule has 5 heteroatoms. The maximum absolute atomic E-state index is 12.2. The van der Waals surface area contributed by atoms with Crippen molar-refractivity contribution in [1.82, 2.24) is 0 Å². The Bertz CT molecular complexity index is 377. The minimum absolute atomic E-state index is 0.213. The second-order valence-corrected chi connectivity index (χ2v) is 9.48. The highest BCUT2D eigenvalue weighted by Crippen LogP contribution is 2.14. The van der Waals surface area contributed by atoms with Crippen molar-refractivity contribution in [3.8, 4) is 0 Å². The van der Waals surface area contributed by atoms with Crippen molar-refractivity contribution in [3.63, 3.8) is 0 Å². The smallest absolute Gasteiger partial charge is 0.335 e. The molecule has 0 heterocycles. The fraction of sp³-hybridized carbons (Fsp3) is 0.958. The molecule has 0 rings (SSSR count). The molecule has 0 fully saturated rings. The van der Waals surface area contributed by atoms with E-state index in [4.69, 9.17) is 9.26 Å². The van der Waals surface area contributed by atoms with E-state index in [9.17, 15) is 4.79 Å². The molecule has 2 unspecified atom stereocenters. The predicted octanol–water partition coefficient (Wildman–Crippen LogP) is 6.67. The third kappa shape index (κ3) is 18.3. The molecule has 29 heavy (non-hydrogen) atoms. The SMILES string of the molecule is CCCCCCCCCCCC[N+](C)(C)CCOC(=O)C(CCCCCC)OP. The fourth-order valence-corrected chi connectivity index (χ4v) is 3.87. The number of nitrogens with zero attached hydrogens (tertiary/aromatic N) is 1. The van der Waals surface area contributed by atoms with Crippen LogP contribution in [0.4, 0.5) is 0 Å². The molecular weight excluding hydrogens is 381 g/mol. The molecule has 0 aromatic heterocycles. The Morgan fingerprint density at radius 2 is 1.24 bits per heavy atom. The predicted molar refractivity (Wildman–Crippen MR) is 128 cm³/mol. The lowest BCUT2D eigenvalue weighted by Crippen LogP contribution is -2.43. The third-order valence-electron chi connectivity index (χ3n) is 5.80. The summed E-state index contributed by atoms with van der Waals surface area (Å²) in [6.07, 6.45) is 18.6. The summed E-state index contributed by atoms with van der Waals surface area (Å²) in [6.45, 7) is 6.95. The number of esters is 1. The first kappa shape index (κ1) is 28.8. The topological polar surface area (TPSA) is 35.5 Å². The van der Waals surface area contributed by atoms with Crippen LogP contribution in [-0.4, -0.2) is 50.3 Å². The highest BCUT2D eigenvalue weighted by atomic mass is 31.0. The lowest BCUT2D eigenvalue weighted by molar-refractivity contribution is -0.890. The van der Waals surface area contributed by atoms with Crippen LogP contribution in [0, 0.1) is 0 Å². The van der Waals surface area contributed by atoms with Crippen molar-refractivity contribution >= 4 is 15.4 Å². The number of unbranched alkanes of at least 4 members (excludes halogenated alkanes) is 12. The molecule has 0 saturated carbocycles. The number of likely N-dealkylation sites (N-methyl/N-ethyl adjacent to an activating group) is 1. The monoisotopic (exact) mass is 432 g/mol. The Morgan fingerprint density at radius 1 is 0.759 bits per heavy atom. The maximum Gasteiger partial charge on any atom is 0.335 e. The van der Waals surface area contributed by atoms with Crippen molar-refractivity contribution in [3.05, 3.63) is 0 Å². The van der Waals surface area contributed by atoms with E-state index in [0.717, 1.165) is 36.8 Å². The van der Waals surface area contributed by atoms with Gasteiger partial charge in [0.1, 0.15) is 13.2 Å². The molecule has 0 aromatic carbocycles. The Kier molecular flexibility index (Phi) is 19.6. The Morgan fingerprint density at radius 3 is 1.76 bits per heavy atom. The summed E-state index contributed by atoms with van der Waals surface area (Å²) in [5, 5.41) is 0. The van der Waals surface area contributed by atoms with Crippen molar-refractivity contribution in [1.29, 1.82) is 0 Å². The van der Waals surface area contributed by atoms with E-state index in [1.807, 2.05) is 0 Å². The number of carbonyl (C=O) groups is 1. The van der Waals surface area contributed by atoms with E-state index in [0.29, 0.717) is 6.61 Å². The lowest BCUT2D eigenvalue weighted by Gasteiger charge is -2.29. The number of ether oxygens (including phenoxy) is 1. The second-order valence-electron chi connectivity index (χ2n) is 9.21. The average molecular weight is 433 g/mol. The van der Waals surface area contributed by atoms with Gasteiger partial charge in [0.05, 0.1) is 20.6 Å². The van der Waals surface area contributed by atoms with Crippen molar-refractivity contribution in [2.75, 3.05) is 33.8 Å². The van der Waals surface area contributed by atoms with E-state index in [-0.39, 0.29) is 5.97 Å². The minimum Gasteiger partial charge on any atom is -0.458 e. The normalized spacial score (nSPS) is 12.9. The molecule has 0 amide bonds. The van der Waals surface area contributed by atoms with Gasteiger partial charge in [0, 0.05) is 9.47 Å². The van der Waals surface area contributed by atoms with Crippen LogP contribution in [0.2, 0.25) is 0 Å². The zero-order chi connectivity index (χ0) is 21.8. The molecule has 0 saturated heterocycles. The van der Waals surface area contributed by atoms with Crippen LogP contribution in [0.5, 0.6) is 0 Å². The van der Waals surface area contributed by atoms with Crippen LogP contribution < -0.4 is 0 Å². The molecule has 0 aliphatic carbocycles. The zero-order valence-electron chi connectivity index (χ0n) is 20.1. The van der Waals surface area contributed by atoms with Crippen LogP contribution in [-0.2, 0) is 14.1 Å². The lowest BCUT2D eigenvalue weighted by atomic mass is 10.1. The quantitative estimate of drug-likeness (QED) is 0.0879. The molecule has 2 atom stereocenters.